The van der Waals surface area contributed by atoms with E-state index in [0.29, 0.717) is 12.8 Å². The Hall–Kier alpha value is -1.93. The Bertz CT molecular complexity index is 1010. The molecule has 0 aliphatic carbocycles. The summed E-state index contributed by atoms with van der Waals surface area (Å²) in [6.45, 7) is 4.70. The quantitative estimate of drug-likeness (QED) is 0.0260. The molecule has 0 N–H and O–H groups in total. The molecule has 0 aliphatic heterocycles. The lowest BCUT2D eigenvalue weighted by Gasteiger charge is -2.34. The first-order valence-corrected chi connectivity index (χ1v) is 26.2. The average molecular weight is 864 g/mol. The van der Waals surface area contributed by atoms with Crippen LogP contribution in [0.5, 0.6) is 0 Å². The minimum Gasteiger partial charge on any atom is -0.544 e. The van der Waals surface area contributed by atoms with Crippen molar-refractivity contribution < 1.29 is 38.2 Å². The lowest BCUT2D eigenvalue weighted by atomic mass is 10.0. The summed E-state index contributed by atoms with van der Waals surface area (Å²) < 4.78 is 17.3. The molecule has 0 aliphatic rings. The predicted octanol–water partition coefficient (Wildman–Crippen LogP) is 13.7. The third-order valence-electron chi connectivity index (χ3n) is 12.2. The number of quaternary nitrogens is 1. The summed E-state index contributed by atoms with van der Waals surface area (Å²) in [7, 11) is 5.43. The fraction of sp³-hybridized carbons (Fsp3) is 0.906. The number of ether oxygens (including phenoxy) is 3. The molecule has 0 aromatic carbocycles. The van der Waals surface area contributed by atoms with Gasteiger partial charge in [-0.2, -0.15) is 0 Å². The number of carboxylic acid groups (broad SMARTS) is 1. The summed E-state index contributed by atoms with van der Waals surface area (Å²) in [6.07, 6.45) is 49.5. The zero-order valence-electron chi connectivity index (χ0n) is 41.1. The molecular formula is C53H101NO7. The van der Waals surface area contributed by atoms with Crippen LogP contribution in [0.25, 0.3) is 0 Å². The minimum absolute atomic E-state index is 0.0451. The molecule has 0 saturated carbocycles. The van der Waals surface area contributed by atoms with Crippen LogP contribution in [0.2, 0.25) is 0 Å². The normalized spacial score (nSPS) is 12.9. The fourth-order valence-electron chi connectivity index (χ4n) is 8.07. The van der Waals surface area contributed by atoms with Crippen molar-refractivity contribution in [2.45, 2.75) is 270 Å². The van der Waals surface area contributed by atoms with E-state index in [9.17, 15) is 19.5 Å². The summed E-state index contributed by atoms with van der Waals surface area (Å²) >= 11 is 0. The zero-order valence-corrected chi connectivity index (χ0v) is 41.1. The van der Waals surface area contributed by atoms with Crippen molar-refractivity contribution in [3.05, 3.63) is 12.2 Å². The molecule has 0 radical (unpaired) electrons. The van der Waals surface area contributed by atoms with E-state index in [-0.39, 0.29) is 42.7 Å². The highest BCUT2D eigenvalue weighted by atomic mass is 16.6. The Labute approximate surface area is 378 Å². The third-order valence-corrected chi connectivity index (χ3v) is 12.2. The second kappa shape index (κ2) is 44.7. The molecule has 2 unspecified atom stereocenters. The van der Waals surface area contributed by atoms with E-state index in [1.165, 1.54) is 186 Å². The van der Waals surface area contributed by atoms with Gasteiger partial charge in [-0.15, -0.1) is 0 Å². The fourth-order valence-corrected chi connectivity index (χ4v) is 8.07. The Morgan fingerprint density at radius 3 is 1.18 bits per heavy atom. The molecular weight excluding hydrogens is 763 g/mol. The van der Waals surface area contributed by atoms with E-state index in [2.05, 4.69) is 26.0 Å². The maximum absolute atomic E-state index is 12.8. The molecule has 2 atom stereocenters. The van der Waals surface area contributed by atoms with Gasteiger partial charge >= 0.3 is 11.9 Å². The molecule has 0 aromatic rings. The molecule has 61 heavy (non-hydrogen) atoms. The van der Waals surface area contributed by atoms with Crippen LogP contribution < -0.4 is 5.11 Å². The first-order valence-electron chi connectivity index (χ1n) is 26.2. The molecule has 8 nitrogen and oxygen atoms in total. The zero-order chi connectivity index (χ0) is 44.9. The van der Waals surface area contributed by atoms with Crippen molar-refractivity contribution in [3.8, 4) is 0 Å². The maximum Gasteiger partial charge on any atom is 0.306 e. The number of hydrogen-bond donors (Lipinski definition) is 0. The second-order valence-corrected chi connectivity index (χ2v) is 19.1. The molecule has 0 aromatic heterocycles. The van der Waals surface area contributed by atoms with Crippen molar-refractivity contribution in [1.82, 2.24) is 0 Å². The van der Waals surface area contributed by atoms with E-state index < -0.39 is 18.1 Å². The van der Waals surface area contributed by atoms with Crippen molar-refractivity contribution in [3.63, 3.8) is 0 Å². The van der Waals surface area contributed by atoms with Gasteiger partial charge in [0, 0.05) is 19.3 Å². The van der Waals surface area contributed by atoms with Crippen molar-refractivity contribution in [2.24, 2.45) is 0 Å². The predicted molar refractivity (Wildman–Crippen MR) is 254 cm³/mol. The molecule has 0 rings (SSSR count). The van der Waals surface area contributed by atoms with Gasteiger partial charge in [0.05, 0.1) is 40.3 Å². The highest BCUT2D eigenvalue weighted by Crippen LogP contribution is 2.17. The van der Waals surface area contributed by atoms with Crippen LogP contribution in [-0.2, 0) is 28.6 Å². The van der Waals surface area contributed by atoms with Crippen LogP contribution in [0.1, 0.15) is 258 Å². The first-order chi connectivity index (χ1) is 29.6. The lowest BCUT2D eigenvalue weighted by Crippen LogP contribution is -2.55. The lowest BCUT2D eigenvalue weighted by molar-refractivity contribution is -0.889. The number of aliphatic carboxylic acids is 1. The molecule has 0 spiro atoms. The highest BCUT2D eigenvalue weighted by molar-refractivity contribution is 5.70. The standard InChI is InChI=1S/C53H101NO7/c1-6-8-10-12-14-16-18-20-22-24-25-26-28-29-31-33-35-37-39-41-43-51(55)60-48-49(47-59-46-45-50(53(57)58)54(3,4)5)61-52(56)44-42-40-38-36-34-32-30-27-23-21-19-17-15-13-11-9-7-2/h21,23,49-50H,6-20,22,24-48H2,1-5H3/b23-21-. The summed E-state index contributed by atoms with van der Waals surface area (Å²) in [6, 6.07) is -0.723. The average Bonchev–Trinajstić information content (AvgIpc) is 3.22. The van der Waals surface area contributed by atoms with Crippen LogP contribution in [0.15, 0.2) is 12.2 Å². The number of rotatable bonds is 48. The van der Waals surface area contributed by atoms with Crippen LogP contribution >= 0.6 is 0 Å². The second-order valence-electron chi connectivity index (χ2n) is 19.1. The highest BCUT2D eigenvalue weighted by Gasteiger charge is 2.25. The number of nitrogens with zero attached hydrogens (tertiary/aromatic N) is 1. The van der Waals surface area contributed by atoms with E-state index >= 15 is 0 Å². The van der Waals surface area contributed by atoms with Crippen LogP contribution in [-0.4, -0.2) is 75.5 Å². The molecule has 0 amide bonds. The van der Waals surface area contributed by atoms with Gasteiger partial charge in [0.15, 0.2) is 6.10 Å². The molecule has 0 fully saturated rings. The van der Waals surface area contributed by atoms with Crippen molar-refractivity contribution in [2.75, 3.05) is 41.0 Å². The Morgan fingerprint density at radius 1 is 0.475 bits per heavy atom. The van der Waals surface area contributed by atoms with Gasteiger partial charge in [-0.1, -0.05) is 212 Å². The summed E-state index contributed by atoms with van der Waals surface area (Å²) in [5.41, 5.74) is 0. The number of carbonyl (C=O) groups is 3. The number of unbranched alkanes of at least 4 members (excludes halogenated alkanes) is 32. The maximum atomic E-state index is 12.8. The summed E-state index contributed by atoms with van der Waals surface area (Å²) in [4.78, 5) is 37.0. The molecule has 0 saturated heterocycles. The number of likely N-dealkylation sites (N-methyl/N-ethyl adjacent to an activating group) is 1. The Kier molecular flexibility index (Phi) is 43.3. The number of carboxylic acids is 1. The van der Waals surface area contributed by atoms with Gasteiger partial charge in [-0.05, 0) is 38.5 Å². The summed E-state index contributed by atoms with van der Waals surface area (Å²) in [5, 5.41) is 11.7. The van der Waals surface area contributed by atoms with Gasteiger partial charge in [0.1, 0.15) is 12.6 Å². The molecule has 0 heterocycles. The monoisotopic (exact) mass is 864 g/mol. The topological polar surface area (TPSA) is 102 Å². The van der Waals surface area contributed by atoms with Crippen LogP contribution in [0, 0.1) is 0 Å². The van der Waals surface area contributed by atoms with Crippen LogP contribution in [0.4, 0.5) is 0 Å². The Morgan fingerprint density at radius 2 is 0.820 bits per heavy atom. The largest absolute Gasteiger partial charge is 0.544 e. The van der Waals surface area contributed by atoms with Crippen molar-refractivity contribution >= 4 is 17.9 Å². The van der Waals surface area contributed by atoms with Gasteiger partial charge in [0.2, 0.25) is 0 Å². The van der Waals surface area contributed by atoms with Crippen LogP contribution in [0.3, 0.4) is 0 Å². The molecule has 360 valence electrons. The minimum atomic E-state index is -1.12. The van der Waals surface area contributed by atoms with E-state index in [0.717, 1.165) is 38.5 Å². The summed E-state index contributed by atoms with van der Waals surface area (Å²) in [5.74, 6) is -1.72. The van der Waals surface area contributed by atoms with E-state index in [4.69, 9.17) is 14.2 Å². The Balaban J connectivity index is 4.19. The van der Waals surface area contributed by atoms with Gasteiger partial charge in [0.25, 0.3) is 0 Å². The smallest absolute Gasteiger partial charge is 0.306 e. The van der Waals surface area contributed by atoms with Gasteiger partial charge in [-0.25, -0.2) is 0 Å². The van der Waals surface area contributed by atoms with Gasteiger partial charge < -0.3 is 28.6 Å². The number of allylic oxidation sites excluding steroid dienone is 2. The molecule has 0 bridgehead atoms. The molecule has 8 heteroatoms. The third kappa shape index (κ3) is 43.1. The van der Waals surface area contributed by atoms with Gasteiger partial charge in [-0.3, -0.25) is 9.59 Å². The number of carbonyl (C=O) groups excluding carboxylic acids is 3. The van der Waals surface area contributed by atoms with E-state index in [1.54, 1.807) is 0 Å². The first kappa shape index (κ1) is 59.1. The number of hydrogen-bond acceptors (Lipinski definition) is 7. The van der Waals surface area contributed by atoms with E-state index in [1.807, 2.05) is 21.1 Å². The van der Waals surface area contributed by atoms with Crippen molar-refractivity contribution in [1.29, 1.82) is 0 Å². The SMILES string of the molecule is CCCCCCCC/C=C\CCCCCCCCCC(=O)OC(COCCC(C(=O)[O-])[N+](C)(C)C)COC(=O)CCCCCCCCCCCCCCCCCCCCCC. The number of esters is 2.